The van der Waals surface area contributed by atoms with Crippen LogP contribution < -0.4 is 10.5 Å². The summed E-state index contributed by atoms with van der Waals surface area (Å²) < 4.78 is 2.97. The number of nitrogens with zero attached hydrogens (tertiary/aromatic N) is 4. The van der Waals surface area contributed by atoms with Crippen LogP contribution in [0.4, 0.5) is 11.4 Å². The van der Waals surface area contributed by atoms with E-state index in [1.54, 1.807) is 42.9 Å². The molecule has 0 aliphatic carbocycles. The Balaban J connectivity index is 1.77. The first-order chi connectivity index (χ1) is 15.3. The number of anilines is 1. The van der Waals surface area contributed by atoms with Crippen LogP contribution in [0.3, 0.4) is 0 Å². The van der Waals surface area contributed by atoms with Crippen LogP contribution in [0.25, 0.3) is 16.5 Å². The number of nitro benzene ring substituents is 1. The van der Waals surface area contributed by atoms with Crippen molar-refractivity contribution in [2.45, 2.75) is 6.92 Å². The van der Waals surface area contributed by atoms with Gasteiger partial charge in [0.25, 0.3) is 23.1 Å². The lowest BCUT2D eigenvalue weighted by Gasteiger charge is -2.26. The van der Waals surface area contributed by atoms with E-state index >= 15 is 0 Å². The van der Waals surface area contributed by atoms with Gasteiger partial charge in [0.1, 0.15) is 5.69 Å². The van der Waals surface area contributed by atoms with Gasteiger partial charge in [-0.25, -0.2) is 9.58 Å². The lowest BCUT2D eigenvalue weighted by atomic mass is 9.93. The molecule has 0 bridgehead atoms. The fraction of sp³-hybridized carbons (Fsp3) is 0.0870. The summed E-state index contributed by atoms with van der Waals surface area (Å²) in [5.74, 6) is -1.39. The number of amides is 2. The lowest BCUT2D eigenvalue weighted by Crippen LogP contribution is -2.43. The van der Waals surface area contributed by atoms with E-state index in [9.17, 15) is 24.5 Å². The number of para-hydroxylation sites is 1. The third-order valence-corrected chi connectivity index (χ3v) is 5.83. The van der Waals surface area contributed by atoms with E-state index in [0.29, 0.717) is 11.4 Å². The fourth-order valence-corrected chi connectivity index (χ4v) is 4.25. The Labute approximate surface area is 180 Å². The quantitative estimate of drug-likeness (QED) is 0.283. The van der Waals surface area contributed by atoms with Gasteiger partial charge in [-0.2, -0.15) is 0 Å². The summed E-state index contributed by atoms with van der Waals surface area (Å²) in [7, 11) is 1.67. The molecular formula is C23H16N4O5. The summed E-state index contributed by atoms with van der Waals surface area (Å²) in [4.78, 5) is 52.0. The third-order valence-electron chi connectivity index (χ3n) is 5.83. The zero-order chi connectivity index (χ0) is 22.7. The van der Waals surface area contributed by atoms with Gasteiger partial charge in [-0.1, -0.05) is 24.3 Å². The number of hydrogen-bond donors (Lipinski definition) is 0. The molecule has 0 spiro atoms. The Kier molecular flexibility index (Phi) is 4.09. The second kappa shape index (κ2) is 6.74. The molecule has 4 aromatic rings. The average molecular weight is 428 g/mol. The molecule has 0 saturated heterocycles. The van der Waals surface area contributed by atoms with E-state index in [4.69, 9.17) is 0 Å². The molecule has 1 aliphatic heterocycles. The molecular weight excluding hydrogens is 412 g/mol. The Bertz CT molecular complexity index is 1510. The van der Waals surface area contributed by atoms with Crippen molar-refractivity contribution in [1.82, 2.24) is 9.36 Å². The number of carbonyl (C=O) groups is 2. The molecule has 2 heterocycles. The first kappa shape index (κ1) is 19.4. The SMILES string of the molecule is Cc1c(N2C(=O)c3cccc4c([N+](=O)[O-])ccc(c34)C2=O)c(=O)n(-c2ccccc2)n1C. The molecule has 1 aliphatic rings. The molecule has 9 heteroatoms. The highest BCUT2D eigenvalue weighted by Gasteiger charge is 2.39. The van der Waals surface area contributed by atoms with E-state index in [1.165, 1.54) is 35.0 Å². The first-order valence-corrected chi connectivity index (χ1v) is 9.76. The van der Waals surface area contributed by atoms with Gasteiger partial charge in [0, 0.05) is 29.6 Å². The van der Waals surface area contributed by atoms with Crippen LogP contribution in [0, 0.1) is 17.0 Å². The number of aromatic nitrogens is 2. The van der Waals surface area contributed by atoms with Crippen molar-refractivity contribution in [2.75, 3.05) is 4.90 Å². The lowest BCUT2D eigenvalue weighted by molar-refractivity contribution is -0.383. The highest BCUT2D eigenvalue weighted by molar-refractivity contribution is 6.36. The van der Waals surface area contributed by atoms with Crippen LogP contribution in [0.2, 0.25) is 0 Å². The number of nitro groups is 1. The summed E-state index contributed by atoms with van der Waals surface area (Å²) in [6.45, 7) is 1.66. The highest BCUT2D eigenvalue weighted by atomic mass is 16.6. The maximum absolute atomic E-state index is 13.4. The molecule has 0 N–H and O–H groups in total. The Morgan fingerprint density at radius 1 is 0.844 bits per heavy atom. The van der Waals surface area contributed by atoms with Crippen LogP contribution in [-0.2, 0) is 7.05 Å². The van der Waals surface area contributed by atoms with Gasteiger partial charge in [0.2, 0.25) is 0 Å². The van der Waals surface area contributed by atoms with E-state index in [1.807, 2.05) is 6.07 Å². The van der Waals surface area contributed by atoms with Crippen LogP contribution in [0.1, 0.15) is 26.4 Å². The van der Waals surface area contributed by atoms with Crippen molar-refractivity contribution in [3.05, 3.63) is 98.0 Å². The second-order valence-corrected chi connectivity index (χ2v) is 7.47. The van der Waals surface area contributed by atoms with Gasteiger partial charge < -0.3 is 0 Å². The van der Waals surface area contributed by atoms with E-state index in [0.717, 1.165) is 4.90 Å². The monoisotopic (exact) mass is 428 g/mol. The minimum absolute atomic E-state index is 0.0487. The average Bonchev–Trinajstić information content (AvgIpc) is 3.01. The summed E-state index contributed by atoms with van der Waals surface area (Å²) in [6, 6.07) is 16.0. The molecule has 1 aromatic heterocycles. The molecule has 158 valence electrons. The molecule has 32 heavy (non-hydrogen) atoms. The smallest absolute Gasteiger partial charge is 0.283 e. The number of imide groups is 1. The number of non-ortho nitro benzene ring substituents is 1. The summed E-state index contributed by atoms with van der Waals surface area (Å²) in [5.41, 5.74) is 0.525. The molecule has 0 unspecified atom stereocenters. The van der Waals surface area contributed by atoms with Gasteiger partial charge in [0.15, 0.2) is 0 Å². The molecule has 9 nitrogen and oxygen atoms in total. The number of hydrogen-bond acceptors (Lipinski definition) is 5. The predicted octanol–water partition coefficient (Wildman–Crippen LogP) is 3.35. The summed E-state index contributed by atoms with van der Waals surface area (Å²) in [5, 5.41) is 11.9. The molecule has 0 atom stereocenters. The zero-order valence-electron chi connectivity index (χ0n) is 17.1. The number of benzene rings is 3. The Morgan fingerprint density at radius 2 is 1.50 bits per heavy atom. The minimum Gasteiger partial charge on any atom is -0.283 e. The van der Waals surface area contributed by atoms with Gasteiger partial charge in [0.05, 0.1) is 21.7 Å². The first-order valence-electron chi connectivity index (χ1n) is 9.76. The highest BCUT2D eigenvalue weighted by Crippen LogP contribution is 2.37. The van der Waals surface area contributed by atoms with Crippen molar-refractivity contribution in [2.24, 2.45) is 7.05 Å². The third kappa shape index (κ3) is 2.48. The van der Waals surface area contributed by atoms with Crippen molar-refractivity contribution in [1.29, 1.82) is 0 Å². The van der Waals surface area contributed by atoms with E-state index in [2.05, 4.69) is 0 Å². The summed E-state index contributed by atoms with van der Waals surface area (Å²) in [6.07, 6.45) is 0. The van der Waals surface area contributed by atoms with Crippen molar-refractivity contribution in [3.8, 4) is 5.69 Å². The van der Waals surface area contributed by atoms with Gasteiger partial charge >= 0.3 is 0 Å². The molecule has 0 saturated carbocycles. The van der Waals surface area contributed by atoms with Crippen molar-refractivity contribution in [3.63, 3.8) is 0 Å². The van der Waals surface area contributed by atoms with Gasteiger partial charge in [-0.3, -0.25) is 29.2 Å². The number of rotatable bonds is 3. The van der Waals surface area contributed by atoms with Crippen LogP contribution in [0.5, 0.6) is 0 Å². The van der Waals surface area contributed by atoms with E-state index < -0.39 is 22.3 Å². The fourth-order valence-electron chi connectivity index (χ4n) is 4.25. The standard InChI is InChI=1S/C23H16N4O5/c1-13-20(23(30)26(24(13)2)14-7-4-3-5-8-14)25-21(28)16-10-6-9-15-18(27(31)32)12-11-17(19(15)16)22(25)29/h3-12H,1-2H3. The molecule has 3 aromatic carbocycles. The Morgan fingerprint density at radius 3 is 2.16 bits per heavy atom. The molecule has 0 radical (unpaired) electrons. The zero-order valence-corrected chi connectivity index (χ0v) is 17.1. The molecule has 5 rings (SSSR count). The molecule has 0 fully saturated rings. The Hall–Kier alpha value is -4.53. The number of carbonyl (C=O) groups excluding carboxylic acids is 2. The van der Waals surface area contributed by atoms with Crippen molar-refractivity contribution < 1.29 is 14.5 Å². The maximum atomic E-state index is 13.4. The molecule has 2 amide bonds. The van der Waals surface area contributed by atoms with Crippen molar-refractivity contribution >= 4 is 34.0 Å². The van der Waals surface area contributed by atoms with E-state index in [-0.39, 0.29) is 33.3 Å². The second-order valence-electron chi connectivity index (χ2n) is 7.47. The topological polar surface area (TPSA) is 107 Å². The van der Waals surface area contributed by atoms with Gasteiger partial charge in [-0.05, 0) is 37.3 Å². The minimum atomic E-state index is -0.695. The van der Waals surface area contributed by atoms with Crippen LogP contribution in [-0.4, -0.2) is 26.1 Å². The van der Waals surface area contributed by atoms with Gasteiger partial charge in [-0.15, -0.1) is 0 Å². The van der Waals surface area contributed by atoms with Crippen LogP contribution >= 0.6 is 0 Å². The summed E-state index contributed by atoms with van der Waals surface area (Å²) >= 11 is 0. The predicted molar refractivity (Wildman–Crippen MR) is 117 cm³/mol. The maximum Gasteiger partial charge on any atom is 0.296 e. The normalized spacial score (nSPS) is 13.1. The largest absolute Gasteiger partial charge is 0.296 e. The van der Waals surface area contributed by atoms with Crippen LogP contribution in [0.15, 0.2) is 65.5 Å².